The lowest BCUT2D eigenvalue weighted by atomic mass is 10.2. The number of halogens is 2. The molecule has 0 fully saturated rings. The van der Waals surface area contributed by atoms with E-state index in [4.69, 9.17) is 0 Å². The summed E-state index contributed by atoms with van der Waals surface area (Å²) in [6, 6.07) is 15.2. The molecule has 0 atom stereocenters. The molecule has 25 heavy (non-hydrogen) atoms. The van der Waals surface area contributed by atoms with Gasteiger partial charge in [-0.3, -0.25) is 9.52 Å². The summed E-state index contributed by atoms with van der Waals surface area (Å²) in [7, 11) is -3.71. The first-order valence-corrected chi connectivity index (χ1v) is 11.0. The zero-order valence-electron chi connectivity index (χ0n) is 13.0. The number of ketones is 1. The van der Waals surface area contributed by atoms with Crippen LogP contribution in [0.2, 0.25) is 0 Å². The Morgan fingerprint density at radius 3 is 1.88 bits per heavy atom. The molecule has 130 valence electrons. The van der Waals surface area contributed by atoms with Gasteiger partial charge in [-0.2, -0.15) is 0 Å². The largest absolute Gasteiger partial charge is 0.294 e. The van der Waals surface area contributed by atoms with Crippen LogP contribution >= 0.6 is 45.2 Å². The van der Waals surface area contributed by atoms with E-state index >= 15 is 0 Å². The van der Waals surface area contributed by atoms with Gasteiger partial charge in [0.25, 0.3) is 0 Å². The van der Waals surface area contributed by atoms with Crippen molar-refractivity contribution in [1.82, 2.24) is 4.72 Å². The second-order valence-corrected chi connectivity index (χ2v) is 9.36. The van der Waals surface area contributed by atoms with Gasteiger partial charge in [-0.05, 0) is 92.7 Å². The summed E-state index contributed by atoms with van der Waals surface area (Å²) < 4.78 is 28.3. The van der Waals surface area contributed by atoms with Crippen molar-refractivity contribution in [2.45, 2.75) is 0 Å². The van der Waals surface area contributed by atoms with Crippen molar-refractivity contribution in [2.75, 3.05) is 5.75 Å². The maximum absolute atomic E-state index is 11.9. The molecule has 0 heterocycles. The highest BCUT2D eigenvalue weighted by Gasteiger charge is 2.12. The molecule has 0 amide bonds. The van der Waals surface area contributed by atoms with Crippen LogP contribution < -0.4 is 4.72 Å². The molecule has 0 unspecified atom stereocenters. The number of carbonyl (C=O) groups is 1. The molecule has 0 radical (unpaired) electrons. The summed E-state index contributed by atoms with van der Waals surface area (Å²) >= 11 is 4.38. The van der Waals surface area contributed by atoms with E-state index in [0.29, 0.717) is 0 Å². The summed E-state index contributed by atoms with van der Waals surface area (Å²) in [4.78, 5) is 11.8. The van der Waals surface area contributed by atoms with E-state index in [-0.39, 0.29) is 0 Å². The van der Waals surface area contributed by atoms with Crippen LogP contribution in [0.1, 0.15) is 11.1 Å². The van der Waals surface area contributed by atoms with Gasteiger partial charge in [0.1, 0.15) is 5.75 Å². The minimum atomic E-state index is -3.71. The molecule has 4 nitrogen and oxygen atoms in total. The first-order valence-electron chi connectivity index (χ1n) is 7.23. The summed E-state index contributed by atoms with van der Waals surface area (Å²) in [6.07, 6.45) is 5.85. The molecular formula is C18H15I2NO3S. The number of carbonyl (C=O) groups excluding carboxylic acids is 1. The molecule has 0 bridgehead atoms. The second-order valence-electron chi connectivity index (χ2n) is 5.11. The Bertz CT molecular complexity index is 887. The van der Waals surface area contributed by atoms with Crippen molar-refractivity contribution in [2.24, 2.45) is 0 Å². The van der Waals surface area contributed by atoms with E-state index in [1.165, 1.54) is 12.3 Å². The Hall–Kier alpha value is -1.20. The molecule has 7 heteroatoms. The van der Waals surface area contributed by atoms with Crippen molar-refractivity contribution in [3.05, 3.63) is 79.1 Å². The van der Waals surface area contributed by atoms with Crippen LogP contribution in [0.15, 0.2) is 60.8 Å². The Morgan fingerprint density at radius 2 is 1.36 bits per heavy atom. The molecule has 1 N–H and O–H groups in total. The predicted molar refractivity (Wildman–Crippen MR) is 118 cm³/mol. The maximum Gasteiger partial charge on any atom is 0.239 e. The van der Waals surface area contributed by atoms with E-state index in [2.05, 4.69) is 49.9 Å². The molecule has 0 spiro atoms. The topological polar surface area (TPSA) is 63.2 Å². The Morgan fingerprint density at radius 1 is 0.880 bits per heavy atom. The lowest BCUT2D eigenvalue weighted by molar-refractivity contribution is -0.112. The zero-order valence-corrected chi connectivity index (χ0v) is 18.2. The van der Waals surface area contributed by atoms with Crippen molar-refractivity contribution < 1.29 is 13.2 Å². The standard InChI is InChI=1S/C18H15I2NO3S/c19-16-6-1-14(2-7-16)5-10-18(22)13-25(23,24)21-12-11-15-3-8-17(20)9-4-15/h1-12,21H,13H2. The molecule has 0 aliphatic rings. The molecule has 0 aliphatic heterocycles. The van der Waals surface area contributed by atoms with Gasteiger partial charge < -0.3 is 0 Å². The Balaban J connectivity index is 1.90. The van der Waals surface area contributed by atoms with Crippen LogP contribution in [0.3, 0.4) is 0 Å². The van der Waals surface area contributed by atoms with Gasteiger partial charge in [0.2, 0.25) is 10.0 Å². The normalized spacial score (nSPS) is 11.9. The molecule has 0 saturated heterocycles. The van der Waals surface area contributed by atoms with Gasteiger partial charge in [0, 0.05) is 13.3 Å². The minimum Gasteiger partial charge on any atom is -0.294 e. The predicted octanol–water partition coefficient (Wildman–Crippen LogP) is 4.07. The van der Waals surface area contributed by atoms with E-state index in [1.807, 2.05) is 48.5 Å². The van der Waals surface area contributed by atoms with Gasteiger partial charge in [0.05, 0.1) is 0 Å². The lowest BCUT2D eigenvalue weighted by Gasteiger charge is -2.01. The van der Waals surface area contributed by atoms with E-state index in [1.54, 1.807) is 12.2 Å². The van der Waals surface area contributed by atoms with Gasteiger partial charge in [-0.15, -0.1) is 0 Å². The molecule has 2 aromatic carbocycles. The fourth-order valence-corrected chi connectivity index (χ4v) is 3.40. The molecule has 0 aromatic heterocycles. The van der Waals surface area contributed by atoms with E-state index in [0.717, 1.165) is 18.3 Å². The van der Waals surface area contributed by atoms with Crippen LogP contribution in [0.4, 0.5) is 0 Å². The summed E-state index contributed by atoms with van der Waals surface area (Å²) in [5.74, 6) is -1.07. The summed E-state index contributed by atoms with van der Waals surface area (Å²) in [5.41, 5.74) is 1.71. The molecule has 0 aliphatic carbocycles. The number of benzene rings is 2. The zero-order chi connectivity index (χ0) is 18.3. The van der Waals surface area contributed by atoms with E-state index < -0.39 is 21.6 Å². The van der Waals surface area contributed by atoms with Gasteiger partial charge in [-0.25, -0.2) is 8.42 Å². The highest BCUT2D eigenvalue weighted by molar-refractivity contribution is 14.1. The van der Waals surface area contributed by atoms with Gasteiger partial charge in [0.15, 0.2) is 5.78 Å². The average Bonchev–Trinajstić information content (AvgIpc) is 2.55. The second kappa shape index (κ2) is 9.48. The summed E-state index contributed by atoms with van der Waals surface area (Å²) in [5, 5.41) is 0. The van der Waals surface area contributed by atoms with Crippen molar-refractivity contribution in [1.29, 1.82) is 0 Å². The van der Waals surface area contributed by atoms with Crippen LogP contribution in [0, 0.1) is 7.14 Å². The number of allylic oxidation sites excluding steroid dienone is 1. The Kier molecular flexibility index (Phi) is 7.63. The van der Waals surface area contributed by atoms with Crippen LogP contribution in [0.5, 0.6) is 0 Å². The summed E-state index contributed by atoms with van der Waals surface area (Å²) in [6.45, 7) is 0. The van der Waals surface area contributed by atoms with Gasteiger partial charge in [-0.1, -0.05) is 30.3 Å². The highest BCUT2D eigenvalue weighted by Crippen LogP contribution is 2.09. The third-order valence-corrected chi connectivity index (χ3v) is 5.66. The average molecular weight is 579 g/mol. The van der Waals surface area contributed by atoms with Crippen molar-refractivity contribution in [3.63, 3.8) is 0 Å². The van der Waals surface area contributed by atoms with E-state index in [9.17, 15) is 13.2 Å². The SMILES string of the molecule is O=C(C=Cc1ccc(I)cc1)CS(=O)(=O)NC=Cc1ccc(I)cc1. The van der Waals surface area contributed by atoms with Crippen LogP contribution in [-0.4, -0.2) is 20.0 Å². The van der Waals surface area contributed by atoms with Gasteiger partial charge >= 0.3 is 0 Å². The smallest absolute Gasteiger partial charge is 0.239 e. The number of hydrogen-bond acceptors (Lipinski definition) is 3. The number of hydrogen-bond donors (Lipinski definition) is 1. The van der Waals surface area contributed by atoms with Crippen molar-refractivity contribution >= 4 is 73.1 Å². The minimum absolute atomic E-state index is 0.478. The number of nitrogens with one attached hydrogen (secondary N) is 1. The third-order valence-electron chi connectivity index (χ3n) is 3.06. The molecular weight excluding hydrogens is 564 g/mol. The first-order chi connectivity index (χ1) is 11.8. The molecule has 2 rings (SSSR count). The highest BCUT2D eigenvalue weighted by atomic mass is 127. The van der Waals surface area contributed by atoms with Crippen LogP contribution in [0.25, 0.3) is 12.2 Å². The fourth-order valence-electron chi connectivity index (χ4n) is 1.85. The monoisotopic (exact) mass is 579 g/mol. The fraction of sp³-hybridized carbons (Fsp3) is 0.0556. The lowest BCUT2D eigenvalue weighted by Crippen LogP contribution is -2.25. The molecule has 0 saturated carbocycles. The number of rotatable bonds is 7. The maximum atomic E-state index is 11.9. The molecule has 2 aromatic rings. The third kappa shape index (κ3) is 7.70. The Labute approximate surface area is 174 Å². The van der Waals surface area contributed by atoms with Crippen LogP contribution in [-0.2, 0) is 14.8 Å². The quantitative estimate of drug-likeness (QED) is 0.398. The van der Waals surface area contributed by atoms with Crippen molar-refractivity contribution in [3.8, 4) is 0 Å². The number of sulfonamides is 1. The first kappa shape index (κ1) is 20.1.